The monoisotopic (exact) mass is 259 g/mol. The van der Waals surface area contributed by atoms with Crippen LogP contribution in [0.15, 0.2) is 0 Å². The van der Waals surface area contributed by atoms with E-state index in [0.29, 0.717) is 5.82 Å². The highest BCUT2D eigenvalue weighted by molar-refractivity contribution is 7.98. The van der Waals surface area contributed by atoms with Crippen LogP contribution in [0.1, 0.15) is 17.1 Å². The zero-order valence-corrected chi connectivity index (χ0v) is 10.8. The van der Waals surface area contributed by atoms with Gasteiger partial charge in [0.25, 0.3) is 0 Å². The van der Waals surface area contributed by atoms with E-state index in [4.69, 9.17) is 0 Å². The summed E-state index contributed by atoms with van der Waals surface area (Å²) >= 11 is 1.77. The lowest BCUT2D eigenvalue weighted by Gasteiger charge is -2.08. The van der Waals surface area contributed by atoms with Crippen LogP contribution in [0.5, 0.6) is 0 Å². The zero-order chi connectivity index (χ0) is 11.8. The van der Waals surface area contributed by atoms with Gasteiger partial charge < -0.3 is 5.32 Å². The first kappa shape index (κ1) is 11.7. The molecule has 0 bridgehead atoms. The fraction of sp³-hybridized carbons (Fsp3) is 0.556. The van der Waals surface area contributed by atoms with E-state index in [1.54, 1.807) is 18.8 Å². The minimum Gasteiger partial charge on any atom is -0.373 e. The summed E-state index contributed by atoms with van der Waals surface area (Å²) in [7, 11) is -1.29. The molecule has 1 aromatic heterocycles. The molecule has 0 amide bonds. The quantitative estimate of drug-likeness (QED) is 0.866. The van der Waals surface area contributed by atoms with E-state index in [0.717, 1.165) is 28.6 Å². The molecule has 0 saturated carbocycles. The summed E-state index contributed by atoms with van der Waals surface area (Å²) in [6, 6.07) is 0. The molecule has 0 saturated heterocycles. The molecule has 0 radical (unpaired) electrons. The number of nitrogens with one attached hydrogen (secondary N) is 1. The largest absolute Gasteiger partial charge is 0.373 e. The van der Waals surface area contributed by atoms with Crippen molar-refractivity contribution in [3.63, 3.8) is 0 Å². The number of thioether (sulfide) groups is 1. The topological polar surface area (TPSA) is 72.0 Å². The van der Waals surface area contributed by atoms with Gasteiger partial charge in [0, 0.05) is 30.4 Å². The Morgan fingerprint density at radius 1 is 1.38 bits per heavy atom. The van der Waals surface area contributed by atoms with Crippen LogP contribution in [-0.4, -0.2) is 31.7 Å². The Morgan fingerprint density at radius 3 is 2.75 bits per heavy atom. The molecule has 0 atom stereocenters. The van der Waals surface area contributed by atoms with Gasteiger partial charge >= 0.3 is 0 Å². The smallest absolute Gasteiger partial charge is 0.154 e. The van der Waals surface area contributed by atoms with Gasteiger partial charge in [0.05, 0.1) is 5.69 Å². The Kier molecular flexibility index (Phi) is 3.07. The number of fused-ring (bicyclic) bond motifs is 1. The maximum Gasteiger partial charge on any atom is 0.154 e. The fourth-order valence-electron chi connectivity index (χ4n) is 1.61. The van der Waals surface area contributed by atoms with Crippen molar-refractivity contribution in [2.45, 2.75) is 17.3 Å². The van der Waals surface area contributed by atoms with Crippen LogP contribution in [0.3, 0.4) is 0 Å². The van der Waals surface area contributed by atoms with Gasteiger partial charge in [0.1, 0.15) is 17.4 Å². The van der Waals surface area contributed by atoms with Crippen molar-refractivity contribution >= 4 is 27.4 Å². The highest BCUT2D eigenvalue weighted by Gasteiger charge is 2.20. The highest BCUT2D eigenvalue weighted by Crippen LogP contribution is 2.32. The number of nitrogens with zero attached hydrogens (tertiary/aromatic N) is 2. The maximum atomic E-state index is 11.2. The second-order valence-corrected chi connectivity index (χ2v) is 6.85. The van der Waals surface area contributed by atoms with E-state index >= 15 is 0 Å². The van der Waals surface area contributed by atoms with Crippen LogP contribution >= 0.6 is 11.8 Å². The predicted octanol–water partition coefficient (Wildman–Crippen LogP) is 0.810. The van der Waals surface area contributed by atoms with Crippen LogP contribution in [0.2, 0.25) is 0 Å². The third-order valence-corrected chi connectivity index (χ3v) is 4.01. The Bertz CT molecular complexity index is 514. The van der Waals surface area contributed by atoms with Gasteiger partial charge in [-0.25, -0.2) is 18.4 Å². The molecule has 2 heterocycles. The Hall–Kier alpha value is -0.820. The average molecular weight is 259 g/mol. The molecular weight excluding hydrogens is 246 g/mol. The lowest BCUT2D eigenvalue weighted by Crippen LogP contribution is -2.10. The van der Waals surface area contributed by atoms with Crippen LogP contribution in [0.25, 0.3) is 0 Å². The fourth-order valence-corrected chi connectivity index (χ4v) is 3.25. The van der Waals surface area contributed by atoms with E-state index in [9.17, 15) is 8.42 Å². The molecule has 1 aromatic rings. The van der Waals surface area contributed by atoms with Crippen molar-refractivity contribution in [3.05, 3.63) is 17.1 Å². The van der Waals surface area contributed by atoms with Crippen molar-refractivity contribution in [1.29, 1.82) is 0 Å². The number of anilines is 1. The molecule has 0 spiro atoms. The summed E-state index contributed by atoms with van der Waals surface area (Å²) in [5, 5.41) is 2.99. The third kappa shape index (κ3) is 2.46. The van der Waals surface area contributed by atoms with Crippen LogP contribution in [0, 0.1) is 0 Å². The first-order chi connectivity index (χ1) is 7.49. The first-order valence-electron chi connectivity index (χ1n) is 4.81. The van der Waals surface area contributed by atoms with Gasteiger partial charge in [-0.1, -0.05) is 0 Å². The van der Waals surface area contributed by atoms with Gasteiger partial charge in [-0.15, -0.1) is 0 Å². The van der Waals surface area contributed by atoms with E-state index in [1.807, 2.05) is 0 Å². The summed E-state index contributed by atoms with van der Waals surface area (Å²) in [6.45, 7) is 0. The summed E-state index contributed by atoms with van der Waals surface area (Å²) in [4.78, 5) is 8.53. The predicted molar refractivity (Wildman–Crippen MR) is 65.1 cm³/mol. The minimum atomic E-state index is -3.08. The molecule has 1 aliphatic rings. The second kappa shape index (κ2) is 4.21. The lowest BCUT2D eigenvalue weighted by atomic mass is 10.2. The van der Waals surface area contributed by atoms with Gasteiger partial charge in [0.15, 0.2) is 9.84 Å². The molecule has 16 heavy (non-hydrogen) atoms. The molecule has 2 rings (SSSR count). The van der Waals surface area contributed by atoms with Crippen molar-refractivity contribution in [1.82, 2.24) is 9.97 Å². The van der Waals surface area contributed by atoms with Gasteiger partial charge in [-0.2, -0.15) is 11.8 Å². The second-order valence-electron chi connectivity index (χ2n) is 3.73. The van der Waals surface area contributed by atoms with Crippen LogP contribution < -0.4 is 5.32 Å². The van der Waals surface area contributed by atoms with E-state index in [2.05, 4.69) is 15.3 Å². The Morgan fingerprint density at radius 2 is 2.12 bits per heavy atom. The Labute approximate surface area is 99.0 Å². The van der Waals surface area contributed by atoms with Gasteiger partial charge in [-0.05, 0) is 0 Å². The number of sulfone groups is 1. The standard InChI is InChI=1S/C9H13N3O2S2/c1-10-9-6-3-15-4-7(6)11-8(12-9)5-16(2,13)14/h3-5H2,1-2H3,(H,10,11,12). The summed E-state index contributed by atoms with van der Waals surface area (Å²) in [5.41, 5.74) is 2.06. The van der Waals surface area contributed by atoms with Crippen molar-refractivity contribution in [2.24, 2.45) is 0 Å². The van der Waals surface area contributed by atoms with Crippen LogP contribution in [0.4, 0.5) is 5.82 Å². The van der Waals surface area contributed by atoms with E-state index in [-0.39, 0.29) is 5.75 Å². The maximum absolute atomic E-state index is 11.2. The normalized spacial score (nSPS) is 14.9. The van der Waals surface area contributed by atoms with Crippen molar-refractivity contribution < 1.29 is 8.42 Å². The van der Waals surface area contributed by atoms with Crippen LogP contribution in [-0.2, 0) is 27.1 Å². The SMILES string of the molecule is CNc1nc(CS(C)(=O)=O)nc2c1CSC2. The average Bonchev–Trinajstić information content (AvgIpc) is 2.61. The highest BCUT2D eigenvalue weighted by atomic mass is 32.2. The molecule has 1 aliphatic heterocycles. The van der Waals surface area contributed by atoms with Gasteiger partial charge in [-0.3, -0.25) is 0 Å². The Balaban J connectivity index is 2.42. The third-order valence-electron chi connectivity index (χ3n) is 2.25. The summed E-state index contributed by atoms with van der Waals surface area (Å²) in [6.07, 6.45) is 1.19. The molecule has 0 unspecified atom stereocenters. The molecule has 1 N–H and O–H groups in total. The first-order valence-corrected chi connectivity index (χ1v) is 8.03. The molecule has 5 nitrogen and oxygen atoms in total. The number of hydrogen-bond acceptors (Lipinski definition) is 6. The molecule has 0 aliphatic carbocycles. The molecule has 88 valence electrons. The molecular formula is C9H13N3O2S2. The van der Waals surface area contributed by atoms with Gasteiger partial charge in [0.2, 0.25) is 0 Å². The lowest BCUT2D eigenvalue weighted by molar-refractivity contribution is 0.599. The zero-order valence-electron chi connectivity index (χ0n) is 9.15. The number of hydrogen-bond donors (Lipinski definition) is 1. The molecule has 0 aromatic carbocycles. The van der Waals surface area contributed by atoms with E-state index in [1.165, 1.54) is 6.26 Å². The minimum absolute atomic E-state index is 0.0976. The molecule has 7 heteroatoms. The number of aromatic nitrogens is 2. The van der Waals surface area contributed by atoms with Crippen molar-refractivity contribution in [3.8, 4) is 0 Å². The van der Waals surface area contributed by atoms with Crippen molar-refractivity contribution in [2.75, 3.05) is 18.6 Å². The summed E-state index contributed by atoms with van der Waals surface area (Å²) < 4.78 is 22.4. The number of rotatable bonds is 3. The van der Waals surface area contributed by atoms with E-state index < -0.39 is 9.84 Å². The summed E-state index contributed by atoms with van der Waals surface area (Å²) in [5.74, 6) is 2.77. The molecule has 0 fully saturated rings.